The van der Waals surface area contributed by atoms with Gasteiger partial charge < -0.3 is 64.6 Å². The smallest absolute Gasteiger partial charge is 0.419 e. The SMILES string of the molecule is COc1ccc(-c2cc(=O)n3cc(N4CC5CCC(C4)N5)ccc3n2)cc1OC.COc1ccc(-c2cc(=O)n3cc(N4CCNCC4)ccc3n2)cc1C(F)(F)F.COc1ccc(-c2cc(=O)n3cc(N4CCN[C@@H](C)C4)ccc3n2)cc1C(F)(F)F.COc1ccc(-c2cc(=O)n3cc(N4CCN[C@H](C)C4)ccc3n2)cc1C(F)(F)F. The van der Waals surface area contributed by atoms with Crippen LogP contribution in [0.5, 0.6) is 28.7 Å². The molecule has 8 aromatic heterocycles. The van der Waals surface area contributed by atoms with Crippen LogP contribution in [0.3, 0.4) is 0 Å². The minimum atomic E-state index is -4.58. The largest absolute Gasteiger partial charge is 0.496 e. The van der Waals surface area contributed by atoms with Crippen molar-refractivity contribution in [1.29, 1.82) is 0 Å². The number of piperazine rings is 4. The van der Waals surface area contributed by atoms with Crippen LogP contribution in [-0.4, -0.2) is 176 Å². The summed E-state index contributed by atoms with van der Waals surface area (Å²) < 4.78 is 151. The molecular weight excluding hydrogens is 1550 g/mol. The first-order valence-electron chi connectivity index (χ1n) is 38.1. The van der Waals surface area contributed by atoms with Crippen molar-refractivity contribution in [2.24, 2.45) is 0 Å². The molecule has 2 unspecified atom stereocenters. The first kappa shape index (κ1) is 82.3. The zero-order valence-corrected chi connectivity index (χ0v) is 65.3. The average Bonchev–Trinajstić information content (AvgIpc) is 0.847. The molecule has 4 N–H and O–H groups in total. The van der Waals surface area contributed by atoms with Crippen molar-refractivity contribution in [2.75, 3.05) is 134 Å². The number of benzene rings is 4. The normalized spacial score (nSPS) is 17.6. The first-order valence-corrected chi connectivity index (χ1v) is 38.1. The number of aromatic nitrogens is 8. The van der Waals surface area contributed by atoms with E-state index in [-0.39, 0.29) is 73.3 Å². The number of rotatable bonds is 13. The van der Waals surface area contributed by atoms with Crippen molar-refractivity contribution in [1.82, 2.24) is 58.8 Å². The summed E-state index contributed by atoms with van der Waals surface area (Å²) in [5.41, 5.74) is 4.16. The van der Waals surface area contributed by atoms with Gasteiger partial charge >= 0.3 is 18.5 Å². The Morgan fingerprint density at radius 2 is 0.636 bits per heavy atom. The second-order valence-electron chi connectivity index (χ2n) is 29.1. The molecule has 0 saturated carbocycles. The second-order valence-corrected chi connectivity index (χ2v) is 29.1. The lowest BCUT2D eigenvalue weighted by Crippen LogP contribution is -2.51. The van der Waals surface area contributed by atoms with Gasteiger partial charge in [0.1, 0.15) is 39.8 Å². The summed E-state index contributed by atoms with van der Waals surface area (Å²) in [6.45, 7) is 14.5. The molecule has 4 atom stereocenters. The van der Waals surface area contributed by atoms with Crippen LogP contribution >= 0.6 is 0 Å². The molecule has 118 heavy (non-hydrogen) atoms. The van der Waals surface area contributed by atoms with Gasteiger partial charge in [-0.25, -0.2) is 19.9 Å². The monoisotopic (exact) mass is 1630 g/mol. The van der Waals surface area contributed by atoms with Gasteiger partial charge in [-0.2, -0.15) is 39.5 Å². The van der Waals surface area contributed by atoms with Gasteiger partial charge in [-0.3, -0.25) is 36.8 Å². The Kier molecular flexibility index (Phi) is 24.1. The molecule has 5 aliphatic rings. The van der Waals surface area contributed by atoms with Gasteiger partial charge in [0.25, 0.3) is 22.2 Å². The Labute approximate surface area is 669 Å². The minimum absolute atomic E-state index is 0.0975. The van der Waals surface area contributed by atoms with Crippen molar-refractivity contribution >= 4 is 45.3 Å². The maximum absolute atomic E-state index is 13.3. The van der Waals surface area contributed by atoms with E-state index in [9.17, 15) is 58.7 Å². The first-order chi connectivity index (χ1) is 56.5. The van der Waals surface area contributed by atoms with E-state index >= 15 is 0 Å². The van der Waals surface area contributed by atoms with E-state index in [1.807, 2.05) is 48.7 Å². The lowest BCUT2D eigenvalue weighted by Gasteiger charge is -2.34. The molecule has 5 aliphatic heterocycles. The fourth-order valence-corrected chi connectivity index (χ4v) is 15.2. The van der Waals surface area contributed by atoms with E-state index in [1.54, 1.807) is 61.5 Å². The molecule has 0 radical (unpaired) electrons. The average molecular weight is 1630 g/mol. The van der Waals surface area contributed by atoms with Crippen molar-refractivity contribution < 1.29 is 63.2 Å². The second kappa shape index (κ2) is 34.5. The Morgan fingerprint density at radius 3 is 0.949 bits per heavy atom. The summed E-state index contributed by atoms with van der Waals surface area (Å²) in [4.78, 5) is 77.8. The molecule has 0 spiro atoms. The van der Waals surface area contributed by atoms with Gasteiger partial charge in [0.05, 0.1) is 97.8 Å². The topological polar surface area (TPSA) is 245 Å². The number of halogens is 9. The molecule has 618 valence electrons. The summed E-state index contributed by atoms with van der Waals surface area (Å²) in [6.07, 6.45) is -4.21. The van der Waals surface area contributed by atoms with E-state index in [4.69, 9.17) is 28.7 Å². The fraction of sp³-hybridized carbons (Fsp3) is 0.333. The molecule has 17 rings (SSSR count). The zero-order valence-electron chi connectivity index (χ0n) is 65.3. The van der Waals surface area contributed by atoms with Gasteiger partial charge in [-0.15, -0.1) is 0 Å². The van der Waals surface area contributed by atoms with Crippen molar-refractivity contribution in [3.05, 3.63) is 228 Å². The summed E-state index contributed by atoms with van der Waals surface area (Å²) in [5.74, 6) is 0.413. The number of ether oxygens (including phenoxy) is 5. The van der Waals surface area contributed by atoms with Crippen LogP contribution in [0.1, 0.15) is 43.4 Å². The highest BCUT2D eigenvalue weighted by Crippen LogP contribution is 2.42. The molecule has 13 heterocycles. The molecule has 5 fully saturated rings. The Morgan fingerprint density at radius 1 is 0.339 bits per heavy atom. The lowest BCUT2D eigenvalue weighted by molar-refractivity contribution is -0.139. The number of methoxy groups -OCH3 is 5. The maximum atomic E-state index is 13.3. The van der Waals surface area contributed by atoms with Gasteiger partial charge in [-0.1, -0.05) is 0 Å². The van der Waals surface area contributed by atoms with Gasteiger partial charge in [-0.05, 0) is 148 Å². The number of hydrogen-bond acceptors (Lipinski definition) is 21. The number of anilines is 4. The summed E-state index contributed by atoms with van der Waals surface area (Å²) >= 11 is 0. The maximum Gasteiger partial charge on any atom is 0.419 e. The van der Waals surface area contributed by atoms with Crippen molar-refractivity contribution in [2.45, 2.75) is 69.4 Å². The number of fused-ring (bicyclic) bond motifs is 6. The summed E-state index contributed by atoms with van der Waals surface area (Å²) in [7, 11) is 6.73. The number of pyridine rings is 4. The van der Waals surface area contributed by atoms with E-state index in [2.05, 4.69) is 75.7 Å². The quantitative estimate of drug-likeness (QED) is 0.0784. The van der Waals surface area contributed by atoms with Crippen LogP contribution in [0.2, 0.25) is 0 Å². The van der Waals surface area contributed by atoms with Crippen LogP contribution in [0.25, 0.3) is 67.6 Å². The highest BCUT2D eigenvalue weighted by molar-refractivity contribution is 5.70. The van der Waals surface area contributed by atoms with Crippen LogP contribution in [-0.2, 0) is 18.5 Å². The zero-order chi connectivity index (χ0) is 83.5. The van der Waals surface area contributed by atoms with Crippen LogP contribution in [0.4, 0.5) is 62.3 Å². The van der Waals surface area contributed by atoms with Gasteiger partial charge in [0, 0.05) is 174 Å². The summed E-state index contributed by atoms with van der Waals surface area (Å²) in [5, 5.41) is 13.6. The molecule has 0 amide bonds. The van der Waals surface area contributed by atoms with Crippen molar-refractivity contribution in [3.63, 3.8) is 0 Å². The molecule has 25 nitrogen and oxygen atoms in total. The summed E-state index contributed by atoms with van der Waals surface area (Å²) in [6, 6.07) is 38.3. The fourth-order valence-electron chi connectivity index (χ4n) is 15.2. The third-order valence-electron chi connectivity index (χ3n) is 21.2. The molecule has 4 aromatic carbocycles. The number of nitrogens with one attached hydrogen (secondary N) is 4. The Balaban J connectivity index is 0.000000129. The molecule has 34 heteroatoms. The standard InChI is InChI=1S/C22H24N4O3.2C21H21F3N4O2.C20H19F3N4O2/c1-28-19-7-3-14(9-20(19)29-2)18-10-22(27)26-13-17(6-8-21(26)24-18)25-11-15-4-5-16(12-25)23-15;2*1-13-11-27(8-7-25-13)15-4-6-19-26-17(10-20(29)28(19)12-15)14-3-5-18(30-2)16(9-14)21(22,23)24;1-29-17-4-2-13(10-15(17)20(21,22)23)16-11-19(28)27-12-14(3-5-18(27)25-16)26-8-6-24-7-9-26/h3,6-10,13,15-16,23H,4-5,11-12H2,1-2H3;2*3-6,9-10,12-13,25H,7-8,11H2,1-2H3;2-5,10-12,24H,6-9H2,1H3/t;2*13-;/m.10./s1. The number of hydrogen-bond donors (Lipinski definition) is 4. The highest BCUT2D eigenvalue weighted by Gasteiger charge is 2.38. The molecular formula is C84H85F9N16O9. The molecule has 5 saturated heterocycles. The van der Waals surface area contributed by atoms with Crippen molar-refractivity contribution in [3.8, 4) is 73.8 Å². The molecule has 12 aromatic rings. The Hall–Kier alpha value is -12.3. The predicted octanol–water partition coefficient (Wildman–Crippen LogP) is 11.5. The minimum Gasteiger partial charge on any atom is -0.496 e. The third kappa shape index (κ3) is 18.3. The highest BCUT2D eigenvalue weighted by atomic mass is 19.4. The van der Waals surface area contributed by atoms with Crippen LogP contribution < -0.4 is 86.8 Å². The number of alkyl halides is 9. The third-order valence-corrected chi connectivity index (χ3v) is 21.2. The molecule has 0 aliphatic carbocycles. The molecule has 2 bridgehead atoms. The Bertz CT molecular complexity index is 5760. The van der Waals surface area contributed by atoms with Crippen LogP contribution in [0, 0.1) is 0 Å². The van der Waals surface area contributed by atoms with Gasteiger partial charge in [0.15, 0.2) is 11.5 Å². The van der Waals surface area contributed by atoms with E-state index in [0.29, 0.717) is 63.9 Å². The number of nitrogens with zero attached hydrogens (tertiary/aromatic N) is 12. The lowest BCUT2D eigenvalue weighted by atomic mass is 10.1. The van der Waals surface area contributed by atoms with E-state index in [1.165, 1.54) is 102 Å². The van der Waals surface area contributed by atoms with E-state index < -0.39 is 35.2 Å². The van der Waals surface area contributed by atoms with Crippen LogP contribution in [0.15, 0.2) is 190 Å². The van der Waals surface area contributed by atoms with Gasteiger partial charge in [0.2, 0.25) is 0 Å². The predicted molar refractivity (Wildman–Crippen MR) is 432 cm³/mol. The van der Waals surface area contributed by atoms with E-state index in [0.717, 1.165) is 125 Å².